The third-order valence-corrected chi connectivity index (χ3v) is 2.45. The van der Waals surface area contributed by atoms with E-state index in [1.54, 1.807) is 6.21 Å². The van der Waals surface area contributed by atoms with Crippen molar-refractivity contribution in [2.45, 2.75) is 6.18 Å². The highest BCUT2D eigenvalue weighted by molar-refractivity contribution is 5.78. The van der Waals surface area contributed by atoms with Gasteiger partial charge < -0.3 is 4.57 Å². The Bertz CT molecular complexity index is 569. The molecule has 0 atom stereocenters. The Morgan fingerprint density at radius 1 is 1.32 bits per heavy atom. The first-order valence-electron chi connectivity index (χ1n) is 5.40. The van der Waals surface area contributed by atoms with Gasteiger partial charge >= 0.3 is 6.18 Å². The number of aromatic nitrogens is 2. The number of hydrogen-bond donors (Lipinski definition) is 1. The average molecular weight is 268 g/mol. The fourth-order valence-electron chi connectivity index (χ4n) is 1.40. The van der Waals surface area contributed by atoms with Gasteiger partial charge in [0.1, 0.15) is 5.82 Å². The monoisotopic (exact) mass is 268 g/mol. The van der Waals surface area contributed by atoms with Gasteiger partial charge in [0.15, 0.2) is 0 Å². The number of anilines is 1. The summed E-state index contributed by atoms with van der Waals surface area (Å²) in [6.07, 6.45) is -0.199. The van der Waals surface area contributed by atoms with Gasteiger partial charge in [0.25, 0.3) is 0 Å². The van der Waals surface area contributed by atoms with Crippen LogP contribution in [0.1, 0.15) is 11.3 Å². The molecule has 0 unspecified atom stereocenters. The van der Waals surface area contributed by atoms with Crippen molar-refractivity contribution in [3.8, 4) is 0 Å². The number of hydrazone groups is 1. The van der Waals surface area contributed by atoms with Crippen molar-refractivity contribution < 1.29 is 13.2 Å². The Balaban J connectivity index is 2.01. The summed E-state index contributed by atoms with van der Waals surface area (Å²) < 4.78 is 38.8. The highest BCUT2D eigenvalue weighted by Gasteiger charge is 2.30. The first-order valence-corrected chi connectivity index (χ1v) is 5.40. The summed E-state index contributed by atoms with van der Waals surface area (Å²) in [6.45, 7) is 0. The maximum Gasteiger partial charge on any atom is 0.417 e. The minimum absolute atomic E-state index is 0.249. The van der Waals surface area contributed by atoms with Gasteiger partial charge in [-0.3, -0.25) is 5.43 Å². The molecule has 4 nitrogen and oxygen atoms in total. The van der Waals surface area contributed by atoms with Crippen LogP contribution in [0.4, 0.5) is 19.0 Å². The fraction of sp³-hybridized carbons (Fsp3) is 0.167. The van der Waals surface area contributed by atoms with E-state index in [0.29, 0.717) is 0 Å². The summed E-state index contributed by atoms with van der Waals surface area (Å²) in [6, 6.07) is 5.89. The van der Waals surface area contributed by atoms with E-state index in [9.17, 15) is 13.2 Å². The average Bonchev–Trinajstić information content (AvgIpc) is 2.75. The second kappa shape index (κ2) is 5.13. The molecule has 2 rings (SSSR count). The van der Waals surface area contributed by atoms with Crippen molar-refractivity contribution in [3.63, 3.8) is 0 Å². The standard InChI is InChI=1S/C12H11F3N4/c1-19-6-2-3-10(19)8-17-18-11-5-4-9(7-16-11)12(13,14)15/h2-8H,1H3,(H,16,18)/b17-8-. The fourth-order valence-corrected chi connectivity index (χ4v) is 1.40. The summed E-state index contributed by atoms with van der Waals surface area (Å²) >= 11 is 0. The van der Waals surface area contributed by atoms with Gasteiger partial charge in [0.2, 0.25) is 0 Å². The SMILES string of the molecule is Cn1cccc1/C=N\Nc1ccc(C(F)(F)F)cn1. The van der Waals surface area contributed by atoms with Gasteiger partial charge in [0, 0.05) is 19.4 Å². The molecule has 2 aromatic rings. The molecule has 0 bridgehead atoms. The van der Waals surface area contributed by atoms with Gasteiger partial charge in [-0.2, -0.15) is 18.3 Å². The molecule has 7 heteroatoms. The number of pyridine rings is 1. The molecule has 0 aromatic carbocycles. The van der Waals surface area contributed by atoms with Crippen LogP contribution in [0.5, 0.6) is 0 Å². The summed E-state index contributed by atoms with van der Waals surface area (Å²) in [4.78, 5) is 3.63. The van der Waals surface area contributed by atoms with Gasteiger partial charge in [-0.1, -0.05) is 0 Å². The van der Waals surface area contributed by atoms with Gasteiger partial charge in [0.05, 0.1) is 17.5 Å². The van der Waals surface area contributed by atoms with Crippen molar-refractivity contribution in [1.82, 2.24) is 9.55 Å². The van der Waals surface area contributed by atoms with Crippen LogP contribution in [0.25, 0.3) is 0 Å². The Labute approximate surface area is 107 Å². The van der Waals surface area contributed by atoms with Gasteiger partial charge in [-0.25, -0.2) is 4.98 Å². The lowest BCUT2D eigenvalue weighted by atomic mass is 10.3. The molecule has 2 aromatic heterocycles. The van der Waals surface area contributed by atoms with E-state index in [1.807, 2.05) is 29.9 Å². The highest BCUT2D eigenvalue weighted by Crippen LogP contribution is 2.28. The number of hydrogen-bond acceptors (Lipinski definition) is 3. The number of aryl methyl sites for hydroxylation is 1. The van der Waals surface area contributed by atoms with Crippen LogP contribution in [-0.2, 0) is 13.2 Å². The smallest absolute Gasteiger partial charge is 0.350 e. The molecular formula is C12H11F3N4. The largest absolute Gasteiger partial charge is 0.417 e. The molecule has 100 valence electrons. The molecule has 0 aliphatic rings. The molecule has 19 heavy (non-hydrogen) atoms. The maximum atomic E-state index is 12.3. The molecular weight excluding hydrogens is 257 g/mol. The first-order chi connectivity index (χ1) is 8.97. The predicted molar refractivity (Wildman–Crippen MR) is 65.9 cm³/mol. The molecule has 0 saturated carbocycles. The maximum absolute atomic E-state index is 12.3. The van der Waals surface area contributed by atoms with E-state index in [-0.39, 0.29) is 5.82 Å². The third-order valence-electron chi connectivity index (χ3n) is 2.45. The minimum atomic E-state index is -4.38. The Morgan fingerprint density at radius 2 is 2.11 bits per heavy atom. The van der Waals surface area contributed by atoms with Crippen molar-refractivity contribution in [3.05, 3.63) is 47.9 Å². The van der Waals surface area contributed by atoms with Crippen molar-refractivity contribution in [1.29, 1.82) is 0 Å². The predicted octanol–water partition coefficient (Wildman–Crippen LogP) is 2.88. The lowest BCUT2D eigenvalue weighted by Gasteiger charge is -2.06. The zero-order valence-corrected chi connectivity index (χ0v) is 10.0. The molecule has 2 heterocycles. The first kappa shape index (κ1) is 13.1. The van der Waals surface area contributed by atoms with E-state index >= 15 is 0 Å². The van der Waals surface area contributed by atoms with E-state index in [0.717, 1.165) is 18.0 Å². The summed E-state index contributed by atoms with van der Waals surface area (Å²) in [5.74, 6) is 0.249. The minimum Gasteiger partial charge on any atom is -0.350 e. The molecule has 0 saturated heterocycles. The van der Waals surface area contributed by atoms with Crippen LogP contribution in [0.2, 0.25) is 0 Å². The normalized spacial score (nSPS) is 12.0. The Hall–Kier alpha value is -2.31. The van der Waals surface area contributed by atoms with E-state index in [4.69, 9.17) is 0 Å². The van der Waals surface area contributed by atoms with Crippen molar-refractivity contribution in [2.24, 2.45) is 12.1 Å². The molecule has 0 amide bonds. The zero-order valence-electron chi connectivity index (χ0n) is 10.0. The van der Waals surface area contributed by atoms with Gasteiger partial charge in [-0.05, 0) is 24.3 Å². The molecule has 0 aliphatic heterocycles. The zero-order chi connectivity index (χ0) is 13.9. The second-order valence-electron chi connectivity index (χ2n) is 3.84. The third kappa shape index (κ3) is 3.34. The number of rotatable bonds is 3. The van der Waals surface area contributed by atoms with Crippen molar-refractivity contribution >= 4 is 12.0 Å². The summed E-state index contributed by atoms with van der Waals surface area (Å²) in [5, 5.41) is 3.90. The van der Waals surface area contributed by atoms with Crippen LogP contribution in [0, 0.1) is 0 Å². The lowest BCUT2D eigenvalue weighted by molar-refractivity contribution is -0.137. The number of nitrogens with one attached hydrogen (secondary N) is 1. The van der Waals surface area contributed by atoms with Crippen LogP contribution in [-0.4, -0.2) is 15.8 Å². The summed E-state index contributed by atoms with van der Waals surface area (Å²) in [7, 11) is 1.86. The Kier molecular flexibility index (Phi) is 3.55. The quantitative estimate of drug-likeness (QED) is 0.687. The van der Waals surface area contributed by atoms with Crippen LogP contribution in [0.3, 0.4) is 0 Å². The topological polar surface area (TPSA) is 42.2 Å². The van der Waals surface area contributed by atoms with Crippen molar-refractivity contribution in [2.75, 3.05) is 5.43 Å². The number of alkyl halides is 3. The van der Waals surface area contributed by atoms with Gasteiger partial charge in [-0.15, -0.1) is 0 Å². The van der Waals surface area contributed by atoms with E-state index in [1.165, 1.54) is 6.07 Å². The molecule has 0 spiro atoms. The molecule has 0 aliphatic carbocycles. The molecule has 0 fully saturated rings. The van der Waals surface area contributed by atoms with Crippen LogP contribution in [0.15, 0.2) is 41.8 Å². The number of halogens is 3. The molecule has 0 radical (unpaired) electrons. The van der Waals surface area contributed by atoms with Crippen LogP contribution < -0.4 is 5.43 Å². The summed E-state index contributed by atoms with van der Waals surface area (Å²) in [5.41, 5.74) is 2.64. The van der Waals surface area contributed by atoms with E-state index < -0.39 is 11.7 Å². The highest BCUT2D eigenvalue weighted by atomic mass is 19.4. The van der Waals surface area contributed by atoms with E-state index in [2.05, 4.69) is 15.5 Å². The molecule has 1 N–H and O–H groups in total. The Morgan fingerprint density at radius 3 is 2.63 bits per heavy atom. The lowest BCUT2D eigenvalue weighted by Crippen LogP contribution is -2.05. The number of nitrogens with zero attached hydrogens (tertiary/aromatic N) is 3. The van der Waals surface area contributed by atoms with Crippen LogP contribution >= 0.6 is 0 Å². The second-order valence-corrected chi connectivity index (χ2v) is 3.84.